The Kier molecular flexibility index (Phi) is 5.17. The van der Waals surface area contributed by atoms with Crippen molar-refractivity contribution in [2.75, 3.05) is 11.5 Å². The van der Waals surface area contributed by atoms with Crippen LogP contribution in [-0.4, -0.2) is 21.1 Å². The minimum atomic E-state index is -0.441. The number of nitrogens with two attached hydrogens (primary N) is 2. The molecule has 0 aliphatic carbocycles. The molecule has 0 aliphatic heterocycles. The molecule has 3 rings (SSSR count). The molecule has 0 saturated carbocycles. The number of aromatic nitrogens is 2. The lowest BCUT2D eigenvalue weighted by molar-refractivity contribution is -0.384. The summed E-state index contributed by atoms with van der Waals surface area (Å²) in [6, 6.07) is 15.6. The maximum Gasteiger partial charge on any atom is 0.269 e. The first-order valence-electron chi connectivity index (χ1n) is 7.98. The van der Waals surface area contributed by atoms with Gasteiger partial charge in [0.1, 0.15) is 11.4 Å². The molecule has 0 radical (unpaired) electrons. The molecule has 2 aromatic carbocycles. The highest BCUT2D eigenvalue weighted by atomic mass is 16.6. The normalized spacial score (nSPS) is 11.3. The molecular weight excluding hydrogens is 344 g/mol. The Hall–Kier alpha value is -4.07. The number of nitro groups is 1. The van der Waals surface area contributed by atoms with Gasteiger partial charge in [-0.05, 0) is 23.8 Å². The van der Waals surface area contributed by atoms with Crippen LogP contribution in [-0.2, 0) is 0 Å². The van der Waals surface area contributed by atoms with Gasteiger partial charge in [0, 0.05) is 23.9 Å². The summed E-state index contributed by atoms with van der Waals surface area (Å²) in [5, 5.41) is 10.7. The lowest BCUT2D eigenvalue weighted by Crippen LogP contribution is -2.02. The van der Waals surface area contributed by atoms with Crippen LogP contribution >= 0.6 is 0 Å². The molecule has 0 spiro atoms. The summed E-state index contributed by atoms with van der Waals surface area (Å²) in [5.41, 5.74) is 14.3. The van der Waals surface area contributed by atoms with Gasteiger partial charge in [-0.15, -0.1) is 0 Å². The van der Waals surface area contributed by atoms with Gasteiger partial charge < -0.3 is 11.5 Å². The van der Waals surface area contributed by atoms with Crippen LogP contribution in [0.5, 0.6) is 0 Å². The highest BCUT2D eigenvalue weighted by Crippen LogP contribution is 2.32. The number of nitro benzene ring substituents is 1. The molecule has 8 heteroatoms. The monoisotopic (exact) mass is 360 g/mol. The topological polar surface area (TPSA) is 133 Å². The van der Waals surface area contributed by atoms with Gasteiger partial charge in [-0.3, -0.25) is 15.1 Å². The van der Waals surface area contributed by atoms with Gasteiger partial charge >= 0.3 is 0 Å². The number of nitrogen functional groups attached to an aromatic ring is 2. The van der Waals surface area contributed by atoms with E-state index in [2.05, 4.69) is 15.0 Å². The quantitative estimate of drug-likeness (QED) is 0.405. The lowest BCUT2D eigenvalue weighted by atomic mass is 10.1. The minimum Gasteiger partial charge on any atom is -0.382 e. The highest BCUT2D eigenvalue weighted by Gasteiger charge is 2.12. The number of hydrogen-bond acceptors (Lipinski definition) is 7. The van der Waals surface area contributed by atoms with Gasteiger partial charge in [-0.25, -0.2) is 4.98 Å². The Morgan fingerprint density at radius 1 is 1.00 bits per heavy atom. The van der Waals surface area contributed by atoms with Gasteiger partial charge in [0.05, 0.1) is 4.92 Å². The van der Waals surface area contributed by atoms with E-state index < -0.39 is 4.92 Å². The molecule has 1 heterocycles. The zero-order chi connectivity index (χ0) is 19.2. The van der Waals surface area contributed by atoms with Crippen molar-refractivity contribution < 1.29 is 4.92 Å². The molecule has 3 aromatic rings. The predicted molar refractivity (Wildman–Crippen MR) is 107 cm³/mol. The molecule has 0 amide bonds. The van der Waals surface area contributed by atoms with E-state index in [4.69, 9.17) is 11.5 Å². The summed E-state index contributed by atoms with van der Waals surface area (Å²) in [6.07, 6.45) is 5.02. The number of rotatable bonds is 5. The van der Waals surface area contributed by atoms with Gasteiger partial charge in [0.15, 0.2) is 5.82 Å². The summed E-state index contributed by atoms with van der Waals surface area (Å²) in [6.45, 7) is 0. The van der Waals surface area contributed by atoms with Crippen molar-refractivity contribution in [1.29, 1.82) is 0 Å². The maximum absolute atomic E-state index is 10.7. The largest absolute Gasteiger partial charge is 0.382 e. The fraction of sp³-hybridized carbons (Fsp3) is 0. The zero-order valence-corrected chi connectivity index (χ0v) is 14.2. The maximum atomic E-state index is 10.7. The third-order valence-corrected chi connectivity index (χ3v) is 3.66. The van der Waals surface area contributed by atoms with Crippen LogP contribution in [0.15, 0.2) is 65.7 Å². The average Bonchev–Trinajstić information content (AvgIpc) is 2.67. The van der Waals surface area contributed by atoms with Crippen molar-refractivity contribution in [3.05, 3.63) is 76.4 Å². The number of anilines is 2. The third kappa shape index (κ3) is 4.31. The predicted octanol–water partition coefficient (Wildman–Crippen LogP) is 3.63. The highest BCUT2D eigenvalue weighted by molar-refractivity contribution is 5.87. The Morgan fingerprint density at radius 3 is 2.37 bits per heavy atom. The van der Waals surface area contributed by atoms with Crippen LogP contribution < -0.4 is 11.5 Å². The smallest absolute Gasteiger partial charge is 0.269 e. The first kappa shape index (κ1) is 17.7. The second kappa shape index (κ2) is 7.87. The average molecular weight is 360 g/mol. The fourth-order valence-corrected chi connectivity index (χ4v) is 2.39. The van der Waals surface area contributed by atoms with Gasteiger partial charge in [-0.1, -0.05) is 36.4 Å². The summed E-state index contributed by atoms with van der Waals surface area (Å²) in [4.78, 5) is 22.8. The summed E-state index contributed by atoms with van der Waals surface area (Å²) < 4.78 is 0. The molecule has 0 saturated heterocycles. The molecular formula is C19H16N6O2. The van der Waals surface area contributed by atoms with E-state index in [1.165, 1.54) is 12.1 Å². The summed E-state index contributed by atoms with van der Waals surface area (Å²) in [5.74, 6) is 0.257. The number of aliphatic imine (C=N–C) groups is 1. The molecule has 27 heavy (non-hydrogen) atoms. The molecule has 4 N–H and O–H groups in total. The number of nitrogens with zero attached hydrogens (tertiary/aromatic N) is 4. The minimum absolute atomic E-state index is 0.0418. The second-order valence-electron chi connectivity index (χ2n) is 5.52. The number of hydrogen-bond donors (Lipinski definition) is 2. The SMILES string of the molecule is Nc1nc(N)c(N=C/C=C\c2ccc([N+](=O)[O-])cc2)c(-c2ccccc2)n1. The molecule has 0 aliphatic rings. The second-order valence-corrected chi connectivity index (χ2v) is 5.52. The van der Waals surface area contributed by atoms with Crippen molar-refractivity contribution in [3.8, 4) is 11.3 Å². The molecule has 0 atom stereocenters. The Morgan fingerprint density at radius 2 is 1.70 bits per heavy atom. The first-order valence-corrected chi connectivity index (χ1v) is 7.98. The first-order chi connectivity index (χ1) is 13.0. The molecule has 0 unspecified atom stereocenters. The Balaban J connectivity index is 1.85. The molecule has 8 nitrogen and oxygen atoms in total. The van der Waals surface area contributed by atoms with Crippen LogP contribution in [0.25, 0.3) is 17.3 Å². The Labute approximate surface area is 155 Å². The van der Waals surface area contributed by atoms with E-state index in [1.807, 2.05) is 30.3 Å². The summed E-state index contributed by atoms with van der Waals surface area (Å²) in [7, 11) is 0. The molecule has 134 valence electrons. The zero-order valence-electron chi connectivity index (χ0n) is 14.2. The number of non-ortho nitro benzene ring substituents is 1. The van der Waals surface area contributed by atoms with Crippen molar-refractivity contribution >= 4 is 35.4 Å². The van der Waals surface area contributed by atoms with Crippen LogP contribution in [0, 0.1) is 10.1 Å². The van der Waals surface area contributed by atoms with Gasteiger partial charge in [0.25, 0.3) is 5.69 Å². The number of benzene rings is 2. The van der Waals surface area contributed by atoms with E-state index in [9.17, 15) is 10.1 Å². The van der Waals surface area contributed by atoms with E-state index in [0.29, 0.717) is 11.4 Å². The third-order valence-electron chi connectivity index (χ3n) is 3.66. The van der Waals surface area contributed by atoms with E-state index in [1.54, 1.807) is 30.5 Å². The van der Waals surface area contributed by atoms with Crippen LogP contribution in [0.1, 0.15) is 5.56 Å². The fourth-order valence-electron chi connectivity index (χ4n) is 2.39. The van der Waals surface area contributed by atoms with Crippen molar-refractivity contribution in [1.82, 2.24) is 9.97 Å². The van der Waals surface area contributed by atoms with E-state index in [0.717, 1.165) is 11.1 Å². The van der Waals surface area contributed by atoms with E-state index >= 15 is 0 Å². The van der Waals surface area contributed by atoms with Crippen molar-refractivity contribution in [2.24, 2.45) is 4.99 Å². The number of allylic oxidation sites excluding steroid dienone is 1. The van der Waals surface area contributed by atoms with Crippen LogP contribution in [0.4, 0.5) is 23.1 Å². The summed E-state index contributed by atoms with van der Waals surface area (Å²) >= 11 is 0. The van der Waals surface area contributed by atoms with E-state index in [-0.39, 0.29) is 17.5 Å². The van der Waals surface area contributed by atoms with Gasteiger partial charge in [-0.2, -0.15) is 4.98 Å². The molecule has 0 fully saturated rings. The van der Waals surface area contributed by atoms with Crippen molar-refractivity contribution in [2.45, 2.75) is 0 Å². The van der Waals surface area contributed by atoms with Crippen molar-refractivity contribution in [3.63, 3.8) is 0 Å². The Bertz CT molecular complexity index is 1010. The lowest BCUT2D eigenvalue weighted by Gasteiger charge is -2.07. The van der Waals surface area contributed by atoms with Crippen LogP contribution in [0.3, 0.4) is 0 Å². The van der Waals surface area contributed by atoms with Gasteiger partial charge in [0.2, 0.25) is 5.95 Å². The molecule has 0 bridgehead atoms. The van der Waals surface area contributed by atoms with Crippen LogP contribution in [0.2, 0.25) is 0 Å². The standard InChI is InChI=1S/C19H16N6O2/c20-18-17(16(23-19(21)24-18)14-6-2-1-3-7-14)22-12-4-5-13-8-10-15(11-9-13)25(26)27/h1-12H,(H4,20,21,23,24)/b5-4-,22-12?. The molecule has 1 aromatic heterocycles.